The Labute approximate surface area is 207 Å². The number of pyridine rings is 1. The van der Waals surface area contributed by atoms with Gasteiger partial charge in [-0.1, -0.05) is 33.3 Å². The van der Waals surface area contributed by atoms with Crippen LogP contribution in [0.1, 0.15) is 51.2 Å². The molecule has 1 saturated heterocycles. The summed E-state index contributed by atoms with van der Waals surface area (Å²) >= 11 is 0. The predicted molar refractivity (Wildman–Crippen MR) is 140 cm³/mol. The van der Waals surface area contributed by atoms with Crippen LogP contribution in [0.4, 0.5) is 10.1 Å². The van der Waals surface area contributed by atoms with Crippen LogP contribution in [0.3, 0.4) is 0 Å². The van der Waals surface area contributed by atoms with Crippen molar-refractivity contribution in [2.45, 2.75) is 70.2 Å². The predicted octanol–water partition coefficient (Wildman–Crippen LogP) is 5.87. The van der Waals surface area contributed by atoms with Crippen molar-refractivity contribution in [1.29, 1.82) is 0 Å². The number of nitrogens with zero attached hydrogens (tertiary/aromatic N) is 2. The fourth-order valence-electron chi connectivity index (χ4n) is 5.19. The van der Waals surface area contributed by atoms with Crippen molar-refractivity contribution in [3.63, 3.8) is 0 Å². The summed E-state index contributed by atoms with van der Waals surface area (Å²) in [6, 6.07) is 7.83. The molecule has 35 heavy (non-hydrogen) atoms. The quantitative estimate of drug-likeness (QED) is 0.426. The summed E-state index contributed by atoms with van der Waals surface area (Å²) in [5.74, 6) is 0.405. The van der Waals surface area contributed by atoms with Crippen LogP contribution < -0.4 is 10.3 Å². The maximum atomic E-state index is 15.4. The van der Waals surface area contributed by atoms with Crippen molar-refractivity contribution in [3.8, 4) is 0 Å². The molecular weight excluding hydrogens is 463 g/mol. The van der Waals surface area contributed by atoms with E-state index in [-0.39, 0.29) is 15.2 Å². The number of benzene rings is 2. The van der Waals surface area contributed by atoms with Crippen LogP contribution in [0.15, 0.2) is 51.1 Å². The summed E-state index contributed by atoms with van der Waals surface area (Å²) < 4.78 is 44.3. The van der Waals surface area contributed by atoms with Gasteiger partial charge in [-0.05, 0) is 73.9 Å². The lowest BCUT2D eigenvalue weighted by Crippen LogP contribution is -2.39. The molecule has 3 aromatic rings. The number of rotatable bonds is 6. The van der Waals surface area contributed by atoms with Gasteiger partial charge in [0.05, 0.1) is 21.5 Å². The van der Waals surface area contributed by atoms with Crippen molar-refractivity contribution in [2.24, 2.45) is 11.8 Å². The number of unbranched alkanes of at least 4 members (excludes halogenated alkanes) is 1. The highest BCUT2D eigenvalue weighted by molar-refractivity contribution is 7.91. The highest BCUT2D eigenvalue weighted by Crippen LogP contribution is 2.32. The molecule has 7 heteroatoms. The van der Waals surface area contributed by atoms with Crippen LogP contribution in [-0.2, 0) is 16.4 Å². The van der Waals surface area contributed by atoms with Gasteiger partial charge in [0.15, 0.2) is 0 Å². The molecule has 0 radical (unpaired) electrons. The molecule has 2 atom stereocenters. The van der Waals surface area contributed by atoms with Gasteiger partial charge in [0.25, 0.3) is 0 Å². The van der Waals surface area contributed by atoms with Gasteiger partial charge in [-0.15, -0.1) is 0 Å². The molecule has 2 heterocycles. The fraction of sp³-hybridized carbons (Fsp3) is 0.464. The third-order valence-electron chi connectivity index (χ3n) is 7.16. The van der Waals surface area contributed by atoms with Crippen LogP contribution >= 0.6 is 0 Å². The van der Waals surface area contributed by atoms with Crippen molar-refractivity contribution in [1.82, 2.24) is 4.57 Å². The molecule has 1 aromatic heterocycles. The second kappa shape index (κ2) is 9.76. The van der Waals surface area contributed by atoms with E-state index in [1.165, 1.54) is 18.3 Å². The van der Waals surface area contributed by atoms with E-state index in [2.05, 4.69) is 25.7 Å². The van der Waals surface area contributed by atoms with Gasteiger partial charge < -0.3 is 9.47 Å². The molecule has 0 unspecified atom stereocenters. The molecule has 188 valence electrons. The second-order valence-electron chi connectivity index (χ2n) is 10.3. The molecule has 0 spiro atoms. The van der Waals surface area contributed by atoms with Crippen molar-refractivity contribution in [2.75, 3.05) is 18.0 Å². The van der Waals surface area contributed by atoms with E-state index in [1.54, 1.807) is 18.2 Å². The number of fused-ring (bicyclic) bond motifs is 1. The average molecular weight is 499 g/mol. The molecular formula is C28H35FN2O3S. The molecule has 5 nitrogen and oxygen atoms in total. The van der Waals surface area contributed by atoms with E-state index in [9.17, 15) is 13.2 Å². The topological polar surface area (TPSA) is 59.4 Å². The zero-order valence-corrected chi connectivity index (χ0v) is 22.1. The van der Waals surface area contributed by atoms with E-state index < -0.39 is 21.1 Å². The Hall–Kier alpha value is -2.67. The maximum Gasteiger partial charge on any atom is 0.211 e. The summed E-state index contributed by atoms with van der Waals surface area (Å²) in [4.78, 5) is 15.3. The molecule has 0 N–H and O–H groups in total. The Morgan fingerprint density at radius 1 is 1.03 bits per heavy atom. The van der Waals surface area contributed by atoms with E-state index in [4.69, 9.17) is 0 Å². The maximum absolute atomic E-state index is 15.4. The van der Waals surface area contributed by atoms with Crippen molar-refractivity contribution < 1.29 is 12.8 Å². The molecule has 1 fully saturated rings. The number of hydrogen-bond donors (Lipinski definition) is 0. The zero-order valence-electron chi connectivity index (χ0n) is 21.3. The lowest BCUT2D eigenvalue weighted by atomic mass is 9.91. The van der Waals surface area contributed by atoms with Crippen molar-refractivity contribution in [3.05, 3.63) is 63.7 Å². The Bertz CT molecular complexity index is 1420. The molecule has 1 aliphatic rings. The van der Waals surface area contributed by atoms with Gasteiger partial charge in [0.1, 0.15) is 10.7 Å². The highest BCUT2D eigenvalue weighted by atomic mass is 32.2. The van der Waals surface area contributed by atoms with E-state index in [0.29, 0.717) is 29.6 Å². The standard InChI is InChI=1S/C28H35FN2O3S/c1-6-7-10-30-17-27(35(33,34)22-9-8-20(4)21(5)12-22)28(32)23-13-24(29)26(14-25(23)30)31-15-18(2)11-19(3)16-31/h8-9,12-14,17-19H,6-7,10-11,15-16H2,1-5H3/t18-,19-/m0/s1. The summed E-state index contributed by atoms with van der Waals surface area (Å²) in [7, 11) is -4.07. The van der Waals surface area contributed by atoms with Gasteiger partial charge in [-0.2, -0.15) is 0 Å². The summed E-state index contributed by atoms with van der Waals surface area (Å²) in [6.07, 6.45) is 4.27. The lowest BCUT2D eigenvalue weighted by molar-refractivity contribution is 0.354. The number of aryl methyl sites for hydroxylation is 3. The van der Waals surface area contributed by atoms with Crippen molar-refractivity contribution >= 4 is 26.4 Å². The SMILES string of the molecule is CCCCn1cc(S(=O)(=O)c2ccc(C)c(C)c2)c(=O)c2cc(F)c(N3C[C@@H](C)C[C@H](C)C3)cc21. The Balaban J connectivity index is 1.92. The Morgan fingerprint density at radius 2 is 1.71 bits per heavy atom. The Morgan fingerprint density at radius 3 is 2.34 bits per heavy atom. The molecule has 0 bridgehead atoms. The van der Waals surface area contributed by atoms with E-state index in [0.717, 1.165) is 43.5 Å². The summed E-state index contributed by atoms with van der Waals surface area (Å²) in [6.45, 7) is 12.2. The fourth-order valence-corrected chi connectivity index (χ4v) is 6.64. The van der Waals surface area contributed by atoms with Gasteiger partial charge in [-0.3, -0.25) is 4.79 Å². The minimum absolute atomic E-state index is 0.0764. The van der Waals surface area contributed by atoms with Gasteiger partial charge in [0, 0.05) is 25.8 Å². The van der Waals surface area contributed by atoms with Crippen LogP contribution in [0.25, 0.3) is 10.9 Å². The first-order chi connectivity index (χ1) is 16.5. The normalized spacial score (nSPS) is 18.9. The number of anilines is 1. The summed E-state index contributed by atoms with van der Waals surface area (Å²) in [5, 5.41) is 0.102. The van der Waals surface area contributed by atoms with Crippen LogP contribution in [0, 0.1) is 31.5 Å². The number of hydrogen-bond acceptors (Lipinski definition) is 4. The van der Waals surface area contributed by atoms with Gasteiger partial charge >= 0.3 is 0 Å². The molecule has 0 saturated carbocycles. The third kappa shape index (κ3) is 4.88. The number of halogens is 1. The minimum Gasteiger partial charge on any atom is -0.369 e. The van der Waals surface area contributed by atoms with E-state index >= 15 is 4.39 Å². The molecule has 1 aliphatic heterocycles. The average Bonchev–Trinajstić information content (AvgIpc) is 2.79. The third-order valence-corrected chi connectivity index (χ3v) is 8.90. The first-order valence-corrected chi connectivity index (χ1v) is 13.9. The van der Waals surface area contributed by atoms with Gasteiger partial charge in [0.2, 0.25) is 15.3 Å². The van der Waals surface area contributed by atoms with E-state index in [1.807, 2.05) is 18.4 Å². The lowest BCUT2D eigenvalue weighted by Gasteiger charge is -2.37. The molecule has 0 aliphatic carbocycles. The van der Waals surface area contributed by atoms with Gasteiger partial charge in [-0.25, -0.2) is 12.8 Å². The van der Waals surface area contributed by atoms with Crippen LogP contribution in [0.5, 0.6) is 0 Å². The first kappa shape index (κ1) is 25.4. The number of sulfone groups is 1. The minimum atomic E-state index is -4.07. The van der Waals surface area contributed by atoms with Crippen LogP contribution in [0.2, 0.25) is 0 Å². The smallest absolute Gasteiger partial charge is 0.211 e. The first-order valence-electron chi connectivity index (χ1n) is 12.5. The molecule has 0 amide bonds. The largest absolute Gasteiger partial charge is 0.369 e. The molecule has 2 aromatic carbocycles. The molecule has 4 rings (SSSR count). The highest BCUT2D eigenvalue weighted by Gasteiger charge is 2.27. The zero-order chi connectivity index (χ0) is 25.5. The number of aromatic nitrogens is 1. The number of piperidine rings is 1. The van der Waals surface area contributed by atoms with Crippen LogP contribution in [-0.4, -0.2) is 26.1 Å². The second-order valence-corrected chi connectivity index (χ2v) is 12.2. The summed E-state index contributed by atoms with van der Waals surface area (Å²) in [5.41, 5.74) is 2.20. The monoisotopic (exact) mass is 498 g/mol. The Kier molecular flexibility index (Phi) is 7.09.